The average Bonchev–Trinajstić information content (AvgIpc) is 2.42. The molecular weight excluding hydrogens is 270 g/mol. The Morgan fingerprint density at radius 3 is 2.58 bits per heavy atom. The van der Waals surface area contributed by atoms with Crippen LogP contribution in [0.3, 0.4) is 0 Å². The number of hydrogen-bond acceptors (Lipinski definition) is 4. The summed E-state index contributed by atoms with van der Waals surface area (Å²) in [6.07, 6.45) is 4.95. The molecule has 1 N–H and O–H groups in total. The highest BCUT2D eigenvalue weighted by Gasteiger charge is 2.07. The summed E-state index contributed by atoms with van der Waals surface area (Å²) in [6, 6.07) is 6.51. The van der Waals surface area contributed by atoms with E-state index < -0.39 is 11.9 Å². The minimum atomic E-state index is -0.647. The molecule has 0 aromatic heterocycles. The number of esters is 1. The van der Waals surface area contributed by atoms with Crippen LogP contribution in [0, 0.1) is 12.3 Å². The second-order valence-electron chi connectivity index (χ2n) is 3.38. The Bertz CT molecular complexity index is 478. The molecule has 0 radical (unpaired) electrons. The zero-order valence-corrected chi connectivity index (χ0v) is 10.8. The Balaban J connectivity index is 2.23. The molecule has 0 aliphatic rings. The monoisotopic (exact) mass is 281 g/mol. The predicted octanol–water partition coefficient (Wildman–Crippen LogP) is 1.01. The van der Waals surface area contributed by atoms with Gasteiger partial charge in [-0.25, -0.2) is 4.79 Å². The van der Waals surface area contributed by atoms with Gasteiger partial charge in [0.25, 0.3) is 5.91 Å². The van der Waals surface area contributed by atoms with E-state index in [1.807, 2.05) is 0 Å². The van der Waals surface area contributed by atoms with E-state index in [0.717, 1.165) is 0 Å². The summed E-state index contributed by atoms with van der Waals surface area (Å²) in [7, 11) is 0. The van der Waals surface area contributed by atoms with Crippen LogP contribution in [0.5, 0.6) is 5.75 Å². The van der Waals surface area contributed by atoms with E-state index >= 15 is 0 Å². The van der Waals surface area contributed by atoms with Crippen LogP contribution in [0.1, 0.15) is 0 Å². The minimum absolute atomic E-state index is 0.0949. The second kappa shape index (κ2) is 8.01. The smallest absolute Gasteiger partial charge is 0.344 e. The SMILES string of the molecule is C#CCNC(=O)COC(=O)COc1ccc(Cl)cc1. The molecule has 0 fully saturated rings. The molecular formula is C13H12ClNO4. The number of nitrogens with one attached hydrogen (secondary N) is 1. The molecule has 5 nitrogen and oxygen atoms in total. The Labute approximate surface area is 115 Å². The van der Waals surface area contributed by atoms with Gasteiger partial charge in [0.15, 0.2) is 13.2 Å². The molecule has 0 aliphatic heterocycles. The van der Waals surface area contributed by atoms with Crippen molar-refractivity contribution in [1.82, 2.24) is 5.32 Å². The Morgan fingerprint density at radius 2 is 1.95 bits per heavy atom. The highest BCUT2D eigenvalue weighted by molar-refractivity contribution is 6.30. The lowest BCUT2D eigenvalue weighted by atomic mass is 10.3. The summed E-state index contributed by atoms with van der Waals surface area (Å²) >= 11 is 5.69. The van der Waals surface area contributed by atoms with Gasteiger partial charge in [-0.05, 0) is 24.3 Å². The van der Waals surface area contributed by atoms with Crippen molar-refractivity contribution < 1.29 is 19.1 Å². The maximum atomic E-state index is 11.3. The fraction of sp³-hybridized carbons (Fsp3) is 0.231. The molecule has 0 unspecified atom stereocenters. The van der Waals surface area contributed by atoms with Crippen molar-refractivity contribution in [1.29, 1.82) is 0 Å². The first kappa shape index (κ1) is 14.9. The molecule has 0 saturated carbocycles. The van der Waals surface area contributed by atoms with Gasteiger partial charge in [0.1, 0.15) is 5.75 Å². The lowest BCUT2D eigenvalue weighted by Gasteiger charge is -2.06. The molecule has 100 valence electrons. The molecule has 6 heteroatoms. The third kappa shape index (κ3) is 6.34. The van der Waals surface area contributed by atoms with Gasteiger partial charge in [-0.3, -0.25) is 4.79 Å². The number of rotatable bonds is 6. The molecule has 1 aromatic carbocycles. The minimum Gasteiger partial charge on any atom is -0.482 e. The van der Waals surface area contributed by atoms with Crippen molar-refractivity contribution in [3.63, 3.8) is 0 Å². The molecule has 0 spiro atoms. The maximum absolute atomic E-state index is 11.3. The number of carbonyl (C=O) groups excluding carboxylic acids is 2. The summed E-state index contributed by atoms with van der Waals surface area (Å²) in [5, 5.41) is 2.93. The summed E-state index contributed by atoms with van der Waals surface area (Å²) < 4.78 is 9.81. The quantitative estimate of drug-likeness (QED) is 0.624. The highest BCUT2D eigenvalue weighted by atomic mass is 35.5. The number of carbonyl (C=O) groups is 2. The van der Waals surface area contributed by atoms with E-state index in [0.29, 0.717) is 10.8 Å². The molecule has 1 rings (SSSR count). The zero-order valence-electron chi connectivity index (χ0n) is 10.0. The largest absolute Gasteiger partial charge is 0.482 e. The van der Waals surface area contributed by atoms with E-state index in [1.54, 1.807) is 24.3 Å². The number of ether oxygens (including phenoxy) is 2. The number of halogens is 1. The molecule has 1 aromatic rings. The van der Waals surface area contributed by atoms with Gasteiger partial charge in [0.05, 0.1) is 6.54 Å². The number of terminal acetylenes is 1. The average molecular weight is 282 g/mol. The van der Waals surface area contributed by atoms with Crippen LogP contribution < -0.4 is 10.1 Å². The van der Waals surface area contributed by atoms with Crippen LogP contribution in [-0.4, -0.2) is 31.6 Å². The van der Waals surface area contributed by atoms with Crippen LogP contribution in [-0.2, 0) is 14.3 Å². The fourth-order valence-electron chi connectivity index (χ4n) is 1.06. The van der Waals surface area contributed by atoms with Gasteiger partial charge in [-0.1, -0.05) is 17.5 Å². The number of benzene rings is 1. The van der Waals surface area contributed by atoms with Gasteiger partial charge in [0, 0.05) is 5.02 Å². The Morgan fingerprint density at radius 1 is 1.26 bits per heavy atom. The fourth-order valence-corrected chi connectivity index (χ4v) is 1.19. The summed E-state index contributed by atoms with van der Waals surface area (Å²) in [4.78, 5) is 22.3. The van der Waals surface area contributed by atoms with Gasteiger partial charge in [0.2, 0.25) is 0 Å². The summed E-state index contributed by atoms with van der Waals surface area (Å²) in [5.41, 5.74) is 0. The van der Waals surface area contributed by atoms with Crippen molar-refractivity contribution in [3.8, 4) is 18.1 Å². The van der Waals surface area contributed by atoms with Gasteiger partial charge >= 0.3 is 5.97 Å². The molecule has 0 bridgehead atoms. The molecule has 1 amide bonds. The lowest BCUT2D eigenvalue weighted by Crippen LogP contribution is -2.30. The molecule has 0 heterocycles. The van der Waals surface area contributed by atoms with Gasteiger partial charge in [-0.15, -0.1) is 6.42 Å². The van der Waals surface area contributed by atoms with Gasteiger partial charge in [-0.2, -0.15) is 0 Å². The lowest BCUT2D eigenvalue weighted by molar-refractivity contribution is -0.150. The molecule has 0 saturated heterocycles. The Kier molecular flexibility index (Phi) is 6.27. The van der Waals surface area contributed by atoms with Crippen molar-refractivity contribution in [2.75, 3.05) is 19.8 Å². The van der Waals surface area contributed by atoms with Crippen molar-refractivity contribution in [3.05, 3.63) is 29.3 Å². The Hall–Kier alpha value is -2.19. The maximum Gasteiger partial charge on any atom is 0.344 e. The van der Waals surface area contributed by atoms with E-state index in [4.69, 9.17) is 22.8 Å². The normalized spacial score (nSPS) is 9.26. The zero-order chi connectivity index (χ0) is 14.1. The van der Waals surface area contributed by atoms with Crippen LogP contribution in [0.15, 0.2) is 24.3 Å². The van der Waals surface area contributed by atoms with E-state index in [2.05, 4.69) is 16.0 Å². The third-order valence-electron chi connectivity index (χ3n) is 1.92. The molecule has 0 atom stereocenters. The van der Waals surface area contributed by atoms with E-state index in [-0.39, 0.29) is 19.8 Å². The first-order chi connectivity index (χ1) is 9.11. The first-order valence-corrected chi connectivity index (χ1v) is 5.74. The third-order valence-corrected chi connectivity index (χ3v) is 2.17. The number of hydrogen-bond donors (Lipinski definition) is 1. The second-order valence-corrected chi connectivity index (χ2v) is 3.82. The van der Waals surface area contributed by atoms with E-state index in [9.17, 15) is 9.59 Å². The standard InChI is InChI=1S/C13H12ClNO4/c1-2-7-15-12(16)8-19-13(17)9-18-11-5-3-10(14)4-6-11/h1,3-6H,7-9H2,(H,15,16). The van der Waals surface area contributed by atoms with Gasteiger partial charge < -0.3 is 14.8 Å². The van der Waals surface area contributed by atoms with Crippen LogP contribution in [0.2, 0.25) is 5.02 Å². The molecule has 19 heavy (non-hydrogen) atoms. The van der Waals surface area contributed by atoms with Crippen molar-refractivity contribution >= 4 is 23.5 Å². The topological polar surface area (TPSA) is 64.6 Å². The van der Waals surface area contributed by atoms with Crippen molar-refractivity contribution in [2.45, 2.75) is 0 Å². The van der Waals surface area contributed by atoms with Crippen LogP contribution in [0.25, 0.3) is 0 Å². The molecule has 0 aliphatic carbocycles. The van der Waals surface area contributed by atoms with Crippen LogP contribution >= 0.6 is 11.6 Å². The first-order valence-electron chi connectivity index (χ1n) is 5.36. The highest BCUT2D eigenvalue weighted by Crippen LogP contribution is 2.15. The van der Waals surface area contributed by atoms with E-state index in [1.165, 1.54) is 0 Å². The number of amides is 1. The van der Waals surface area contributed by atoms with Crippen molar-refractivity contribution in [2.24, 2.45) is 0 Å². The van der Waals surface area contributed by atoms with Crippen LogP contribution in [0.4, 0.5) is 0 Å². The summed E-state index contributed by atoms with van der Waals surface area (Å²) in [5.74, 6) is 1.61. The summed E-state index contributed by atoms with van der Waals surface area (Å²) in [6.45, 7) is -0.577. The predicted molar refractivity (Wildman–Crippen MR) is 69.7 cm³/mol.